The maximum absolute atomic E-state index is 11.8. The molecule has 0 radical (unpaired) electrons. The summed E-state index contributed by atoms with van der Waals surface area (Å²) < 4.78 is 15.3. The van der Waals surface area contributed by atoms with E-state index in [-0.39, 0.29) is 12.6 Å². The fourth-order valence-electron chi connectivity index (χ4n) is 2.02. The van der Waals surface area contributed by atoms with E-state index in [4.69, 9.17) is 14.2 Å². The Morgan fingerprint density at radius 3 is 2.21 bits per heavy atom. The molecule has 0 heterocycles. The maximum atomic E-state index is 11.8. The first-order valence-electron chi connectivity index (χ1n) is 7.80. The van der Waals surface area contributed by atoms with Crippen LogP contribution in [0.4, 0.5) is 0 Å². The van der Waals surface area contributed by atoms with Crippen molar-refractivity contribution in [2.45, 2.75) is 19.8 Å². The standard InChI is InChI=1S/C19H20O5/c1-2-22-19(21)14-23-16-9-11-17(12-10-16)24-18(20)13-8-15-6-4-3-5-7-15/h3-7,9-12H,2,8,13-14H2,1H3. The van der Waals surface area contributed by atoms with Crippen LogP contribution < -0.4 is 9.47 Å². The van der Waals surface area contributed by atoms with Gasteiger partial charge in [-0.15, -0.1) is 0 Å². The summed E-state index contributed by atoms with van der Waals surface area (Å²) in [4.78, 5) is 23.0. The molecule has 0 aliphatic heterocycles. The fourth-order valence-corrected chi connectivity index (χ4v) is 2.02. The highest BCUT2D eigenvalue weighted by molar-refractivity contribution is 5.73. The summed E-state index contributed by atoms with van der Waals surface area (Å²) in [6.45, 7) is 1.91. The number of ether oxygens (including phenoxy) is 3. The molecular formula is C19H20O5. The molecule has 0 saturated carbocycles. The molecular weight excluding hydrogens is 308 g/mol. The first-order chi connectivity index (χ1) is 11.7. The Kier molecular flexibility index (Phi) is 6.83. The molecule has 0 aliphatic rings. The zero-order valence-electron chi connectivity index (χ0n) is 13.6. The zero-order chi connectivity index (χ0) is 17.2. The average molecular weight is 328 g/mol. The van der Waals surface area contributed by atoms with Crippen molar-refractivity contribution >= 4 is 11.9 Å². The monoisotopic (exact) mass is 328 g/mol. The van der Waals surface area contributed by atoms with Crippen LogP contribution in [0.3, 0.4) is 0 Å². The van der Waals surface area contributed by atoms with Crippen LogP contribution in [-0.2, 0) is 20.7 Å². The number of rotatable bonds is 8. The van der Waals surface area contributed by atoms with E-state index in [0.717, 1.165) is 5.56 Å². The number of carbonyl (C=O) groups is 2. The van der Waals surface area contributed by atoms with Gasteiger partial charge in [-0.25, -0.2) is 4.79 Å². The molecule has 0 aliphatic carbocycles. The second kappa shape index (κ2) is 9.35. The minimum atomic E-state index is -0.422. The van der Waals surface area contributed by atoms with Gasteiger partial charge in [-0.1, -0.05) is 30.3 Å². The molecule has 2 aromatic carbocycles. The molecule has 126 valence electrons. The predicted molar refractivity (Wildman–Crippen MR) is 89.0 cm³/mol. The molecule has 0 spiro atoms. The molecule has 2 rings (SSSR count). The van der Waals surface area contributed by atoms with Crippen molar-refractivity contribution in [3.05, 3.63) is 60.2 Å². The molecule has 0 N–H and O–H groups in total. The third-order valence-corrected chi connectivity index (χ3v) is 3.18. The van der Waals surface area contributed by atoms with E-state index in [1.165, 1.54) is 0 Å². The van der Waals surface area contributed by atoms with Gasteiger partial charge in [-0.2, -0.15) is 0 Å². The normalized spacial score (nSPS) is 10.0. The lowest BCUT2D eigenvalue weighted by atomic mass is 10.1. The lowest BCUT2D eigenvalue weighted by Gasteiger charge is -2.07. The van der Waals surface area contributed by atoms with E-state index < -0.39 is 5.97 Å². The Morgan fingerprint density at radius 2 is 1.54 bits per heavy atom. The van der Waals surface area contributed by atoms with Crippen molar-refractivity contribution in [2.24, 2.45) is 0 Å². The van der Waals surface area contributed by atoms with Crippen LogP contribution >= 0.6 is 0 Å². The van der Waals surface area contributed by atoms with Gasteiger partial charge in [0.25, 0.3) is 0 Å². The third-order valence-electron chi connectivity index (χ3n) is 3.18. The molecule has 0 amide bonds. The minimum Gasteiger partial charge on any atom is -0.482 e. The number of hydrogen-bond donors (Lipinski definition) is 0. The molecule has 5 heteroatoms. The van der Waals surface area contributed by atoms with Crippen molar-refractivity contribution in [3.63, 3.8) is 0 Å². The average Bonchev–Trinajstić information content (AvgIpc) is 2.60. The summed E-state index contributed by atoms with van der Waals surface area (Å²) in [7, 11) is 0. The Bertz CT molecular complexity index is 649. The fraction of sp³-hybridized carbons (Fsp3) is 0.263. The number of carbonyl (C=O) groups excluding carboxylic acids is 2. The highest BCUT2D eigenvalue weighted by atomic mass is 16.6. The van der Waals surface area contributed by atoms with Crippen molar-refractivity contribution in [1.82, 2.24) is 0 Å². The van der Waals surface area contributed by atoms with E-state index in [0.29, 0.717) is 30.9 Å². The molecule has 0 bridgehead atoms. The predicted octanol–water partition coefficient (Wildman–Crippen LogP) is 3.17. The van der Waals surface area contributed by atoms with Gasteiger partial charge in [0.2, 0.25) is 0 Å². The van der Waals surface area contributed by atoms with Crippen molar-refractivity contribution < 1.29 is 23.8 Å². The van der Waals surface area contributed by atoms with Crippen LogP contribution in [0.15, 0.2) is 54.6 Å². The van der Waals surface area contributed by atoms with Crippen LogP contribution in [0.2, 0.25) is 0 Å². The number of aryl methyl sites for hydroxylation is 1. The lowest BCUT2D eigenvalue weighted by molar-refractivity contribution is -0.145. The third kappa shape index (κ3) is 6.12. The molecule has 0 aromatic heterocycles. The Morgan fingerprint density at radius 1 is 0.875 bits per heavy atom. The maximum Gasteiger partial charge on any atom is 0.344 e. The number of benzene rings is 2. The van der Waals surface area contributed by atoms with Crippen LogP contribution in [0.25, 0.3) is 0 Å². The van der Waals surface area contributed by atoms with Gasteiger partial charge in [-0.3, -0.25) is 4.79 Å². The van der Waals surface area contributed by atoms with Gasteiger partial charge < -0.3 is 14.2 Å². The summed E-state index contributed by atoms with van der Waals surface area (Å²) in [5, 5.41) is 0. The van der Waals surface area contributed by atoms with Crippen LogP contribution in [0, 0.1) is 0 Å². The van der Waals surface area contributed by atoms with Crippen LogP contribution in [0.1, 0.15) is 18.9 Å². The molecule has 5 nitrogen and oxygen atoms in total. The van der Waals surface area contributed by atoms with Gasteiger partial charge in [0, 0.05) is 6.42 Å². The SMILES string of the molecule is CCOC(=O)COc1ccc(OC(=O)CCc2ccccc2)cc1. The minimum absolute atomic E-state index is 0.149. The molecule has 2 aromatic rings. The van der Waals surface area contributed by atoms with Crippen LogP contribution in [0.5, 0.6) is 11.5 Å². The van der Waals surface area contributed by atoms with E-state index in [1.54, 1.807) is 31.2 Å². The Balaban J connectivity index is 1.76. The summed E-state index contributed by atoms with van der Waals surface area (Å²) in [6.07, 6.45) is 0.950. The largest absolute Gasteiger partial charge is 0.482 e. The summed E-state index contributed by atoms with van der Waals surface area (Å²) in [5.41, 5.74) is 1.09. The van der Waals surface area contributed by atoms with Crippen molar-refractivity contribution in [1.29, 1.82) is 0 Å². The number of hydrogen-bond acceptors (Lipinski definition) is 5. The quantitative estimate of drug-likeness (QED) is 0.550. The molecule has 0 unspecified atom stereocenters. The molecule has 0 fully saturated rings. The highest BCUT2D eigenvalue weighted by Crippen LogP contribution is 2.18. The first kappa shape index (κ1) is 17.5. The summed E-state index contributed by atoms with van der Waals surface area (Å²) >= 11 is 0. The van der Waals surface area contributed by atoms with E-state index in [9.17, 15) is 9.59 Å². The lowest BCUT2D eigenvalue weighted by Crippen LogP contribution is -2.14. The Hall–Kier alpha value is -2.82. The van der Waals surface area contributed by atoms with Crippen molar-refractivity contribution in [2.75, 3.05) is 13.2 Å². The molecule has 0 saturated heterocycles. The van der Waals surface area contributed by atoms with Gasteiger partial charge in [0.1, 0.15) is 11.5 Å². The topological polar surface area (TPSA) is 61.8 Å². The summed E-state index contributed by atoms with van der Waals surface area (Å²) in [5.74, 6) is 0.233. The van der Waals surface area contributed by atoms with Gasteiger partial charge in [-0.05, 0) is 43.2 Å². The summed E-state index contributed by atoms with van der Waals surface area (Å²) in [6, 6.07) is 16.3. The highest BCUT2D eigenvalue weighted by Gasteiger charge is 2.07. The van der Waals surface area contributed by atoms with Gasteiger partial charge >= 0.3 is 11.9 Å². The van der Waals surface area contributed by atoms with E-state index in [2.05, 4.69) is 0 Å². The smallest absolute Gasteiger partial charge is 0.344 e. The Labute approximate surface area is 141 Å². The molecule has 0 atom stereocenters. The number of esters is 2. The van der Waals surface area contributed by atoms with E-state index >= 15 is 0 Å². The second-order valence-corrected chi connectivity index (χ2v) is 5.02. The van der Waals surface area contributed by atoms with E-state index in [1.807, 2.05) is 30.3 Å². The second-order valence-electron chi connectivity index (χ2n) is 5.02. The van der Waals surface area contributed by atoms with Crippen LogP contribution in [-0.4, -0.2) is 25.2 Å². The zero-order valence-corrected chi connectivity index (χ0v) is 13.6. The van der Waals surface area contributed by atoms with Gasteiger partial charge in [0.15, 0.2) is 6.61 Å². The van der Waals surface area contributed by atoms with Gasteiger partial charge in [0.05, 0.1) is 6.61 Å². The molecule has 24 heavy (non-hydrogen) atoms. The first-order valence-corrected chi connectivity index (χ1v) is 7.80. The van der Waals surface area contributed by atoms with Crippen molar-refractivity contribution in [3.8, 4) is 11.5 Å².